The van der Waals surface area contributed by atoms with E-state index in [4.69, 9.17) is 15.2 Å². The maximum Gasteiger partial charge on any atom is 0.411 e. The number of nitrogens with one attached hydrogen (secondary N) is 2. The van der Waals surface area contributed by atoms with Crippen LogP contribution in [0, 0.1) is 11.6 Å². The van der Waals surface area contributed by atoms with Crippen molar-refractivity contribution in [1.82, 2.24) is 4.90 Å². The maximum atomic E-state index is 15.0. The Kier molecular flexibility index (Phi) is 9.47. The molecule has 1 aliphatic heterocycles. The fourth-order valence-electron chi connectivity index (χ4n) is 5.60. The first-order valence-electron chi connectivity index (χ1n) is 14.8. The van der Waals surface area contributed by atoms with Crippen LogP contribution in [-0.4, -0.2) is 56.7 Å². The molecule has 0 spiro atoms. The lowest BCUT2D eigenvalue weighted by Gasteiger charge is -2.31. The smallest absolute Gasteiger partial charge is 0.411 e. The first kappa shape index (κ1) is 32.7. The van der Waals surface area contributed by atoms with E-state index in [0.717, 1.165) is 12.1 Å². The van der Waals surface area contributed by atoms with Gasteiger partial charge in [-0.3, -0.25) is 14.9 Å². The molecule has 0 radical (unpaired) electrons. The van der Waals surface area contributed by atoms with Crippen molar-refractivity contribution in [1.29, 1.82) is 0 Å². The lowest BCUT2D eigenvalue weighted by atomic mass is 10.0. The van der Waals surface area contributed by atoms with E-state index in [1.807, 2.05) is 0 Å². The van der Waals surface area contributed by atoms with Gasteiger partial charge in [-0.2, -0.15) is 0 Å². The molecule has 5 rings (SSSR count). The standard InChI is InChI=1S/C32H34F2N4O7S/c1-3-45-32(41)36-20-8-13-28(46(42,43)21-9-10-21)22(17-20)26-5-4-14-38(26)31(40)29(18-6-12-24(34)27(16-18)44-2)37-25-15-19(30(35)39)7-11-23(25)33/h6-8,11-13,15-17,21,26,29,37H,3-5,9-10,14H2,1-2H3,(H2,35,39)(H,36,41). The number of halogens is 2. The number of amides is 3. The summed E-state index contributed by atoms with van der Waals surface area (Å²) in [4.78, 5) is 40.0. The molecule has 2 atom stereocenters. The number of carbonyl (C=O) groups is 3. The number of rotatable bonds is 11. The van der Waals surface area contributed by atoms with E-state index in [1.165, 1.54) is 54.5 Å². The molecule has 2 aliphatic rings. The highest BCUT2D eigenvalue weighted by atomic mass is 32.2. The Morgan fingerprint density at radius 3 is 2.43 bits per heavy atom. The van der Waals surface area contributed by atoms with Gasteiger partial charge in [-0.15, -0.1) is 0 Å². The number of hydrogen-bond acceptors (Lipinski definition) is 8. The Balaban J connectivity index is 1.58. The average Bonchev–Trinajstić information content (AvgIpc) is 3.78. The maximum absolute atomic E-state index is 15.0. The van der Waals surface area contributed by atoms with Crippen molar-refractivity contribution in [3.05, 3.63) is 82.9 Å². The minimum atomic E-state index is -3.74. The largest absolute Gasteiger partial charge is 0.494 e. The lowest BCUT2D eigenvalue weighted by molar-refractivity contribution is -0.133. The second-order valence-corrected chi connectivity index (χ2v) is 13.3. The molecular formula is C32H34F2N4O7S. The summed E-state index contributed by atoms with van der Waals surface area (Å²) in [5.74, 6) is -2.99. The van der Waals surface area contributed by atoms with E-state index < -0.39 is 56.7 Å². The zero-order valence-corrected chi connectivity index (χ0v) is 26.0. The number of methoxy groups -OCH3 is 1. The van der Waals surface area contributed by atoms with Crippen LogP contribution in [0.4, 0.5) is 25.0 Å². The van der Waals surface area contributed by atoms with Crippen LogP contribution in [0.3, 0.4) is 0 Å². The van der Waals surface area contributed by atoms with Crippen LogP contribution in [0.1, 0.15) is 66.2 Å². The van der Waals surface area contributed by atoms with Gasteiger partial charge in [0.2, 0.25) is 11.8 Å². The Labute approximate surface area is 265 Å². The summed E-state index contributed by atoms with van der Waals surface area (Å²) in [6.45, 7) is 2.00. The number of sulfone groups is 1. The number of anilines is 2. The molecule has 2 unspecified atom stereocenters. The van der Waals surface area contributed by atoms with Gasteiger partial charge >= 0.3 is 6.09 Å². The van der Waals surface area contributed by atoms with Gasteiger partial charge in [0.05, 0.1) is 35.6 Å². The van der Waals surface area contributed by atoms with Crippen LogP contribution in [0.15, 0.2) is 59.5 Å². The highest BCUT2D eigenvalue weighted by Gasteiger charge is 2.42. The van der Waals surface area contributed by atoms with Gasteiger partial charge in [0, 0.05) is 17.8 Å². The summed E-state index contributed by atoms with van der Waals surface area (Å²) in [6.07, 6.45) is 1.23. The fraction of sp³-hybridized carbons (Fsp3) is 0.344. The Bertz CT molecular complexity index is 1780. The zero-order valence-electron chi connectivity index (χ0n) is 25.2. The highest BCUT2D eigenvalue weighted by Crippen LogP contribution is 2.43. The van der Waals surface area contributed by atoms with Crippen LogP contribution in [-0.2, 0) is 19.4 Å². The monoisotopic (exact) mass is 656 g/mol. The molecular weight excluding hydrogens is 622 g/mol. The molecule has 3 aromatic rings. The molecule has 3 amide bonds. The number of ether oxygens (including phenoxy) is 2. The first-order chi connectivity index (χ1) is 21.9. The lowest BCUT2D eigenvalue weighted by Crippen LogP contribution is -2.38. The predicted octanol–water partition coefficient (Wildman–Crippen LogP) is 5.09. The number of hydrogen-bond donors (Lipinski definition) is 3. The molecule has 244 valence electrons. The Hall–Kier alpha value is -4.72. The molecule has 0 aromatic heterocycles. The van der Waals surface area contributed by atoms with Crippen LogP contribution in [0.2, 0.25) is 0 Å². The molecule has 1 saturated heterocycles. The van der Waals surface area contributed by atoms with Crippen LogP contribution in [0.25, 0.3) is 0 Å². The van der Waals surface area contributed by atoms with Gasteiger partial charge in [0.25, 0.3) is 0 Å². The van der Waals surface area contributed by atoms with Gasteiger partial charge in [-0.05, 0) is 92.3 Å². The first-order valence-corrected chi connectivity index (χ1v) is 16.3. The van der Waals surface area contributed by atoms with Crippen molar-refractivity contribution in [3.8, 4) is 5.75 Å². The number of likely N-dealkylation sites (tertiary alicyclic amines) is 1. The molecule has 11 nitrogen and oxygen atoms in total. The van der Waals surface area contributed by atoms with E-state index in [1.54, 1.807) is 6.92 Å². The van der Waals surface area contributed by atoms with E-state index >= 15 is 4.39 Å². The van der Waals surface area contributed by atoms with Crippen LogP contribution in [0.5, 0.6) is 5.75 Å². The van der Waals surface area contributed by atoms with Crippen molar-refractivity contribution in [3.63, 3.8) is 0 Å². The summed E-state index contributed by atoms with van der Waals surface area (Å²) >= 11 is 0. The van der Waals surface area contributed by atoms with Crippen molar-refractivity contribution < 1.29 is 41.1 Å². The molecule has 3 aromatic carbocycles. The van der Waals surface area contributed by atoms with Crippen LogP contribution < -0.4 is 21.1 Å². The van der Waals surface area contributed by atoms with E-state index in [0.29, 0.717) is 31.2 Å². The summed E-state index contributed by atoms with van der Waals surface area (Å²) in [7, 11) is -2.48. The molecule has 46 heavy (non-hydrogen) atoms. The van der Waals surface area contributed by atoms with Gasteiger partial charge in [0.1, 0.15) is 11.9 Å². The van der Waals surface area contributed by atoms with Gasteiger partial charge in [0.15, 0.2) is 21.4 Å². The normalized spacial score (nSPS) is 16.9. The predicted molar refractivity (Wildman–Crippen MR) is 165 cm³/mol. The second kappa shape index (κ2) is 13.3. The van der Waals surface area contributed by atoms with Gasteiger partial charge in [-0.1, -0.05) is 6.07 Å². The SMILES string of the molecule is CCOC(=O)Nc1ccc(S(=O)(=O)C2CC2)c(C2CCCN2C(=O)C(Nc2cc(C(N)=O)ccc2F)c2ccc(F)c(OC)c2)c1. The average molecular weight is 657 g/mol. The summed E-state index contributed by atoms with van der Waals surface area (Å²) in [5, 5.41) is 4.91. The molecule has 2 fully saturated rings. The van der Waals surface area contributed by atoms with E-state index in [-0.39, 0.29) is 46.3 Å². The number of nitrogens with zero attached hydrogens (tertiary/aromatic N) is 1. The van der Waals surface area contributed by atoms with Crippen molar-refractivity contribution in [2.75, 3.05) is 30.9 Å². The van der Waals surface area contributed by atoms with E-state index in [2.05, 4.69) is 10.6 Å². The number of nitrogens with two attached hydrogens (primary N) is 1. The molecule has 14 heteroatoms. The number of benzene rings is 3. The minimum Gasteiger partial charge on any atom is -0.494 e. The fourth-order valence-corrected chi connectivity index (χ4v) is 7.49. The number of carbonyl (C=O) groups excluding carboxylic acids is 3. The van der Waals surface area contributed by atoms with Gasteiger partial charge in [-0.25, -0.2) is 22.0 Å². The van der Waals surface area contributed by atoms with Crippen molar-refractivity contribution in [2.45, 2.75) is 54.8 Å². The Morgan fingerprint density at radius 1 is 1.02 bits per heavy atom. The third-order valence-corrected chi connectivity index (χ3v) is 10.3. The topological polar surface area (TPSA) is 157 Å². The summed E-state index contributed by atoms with van der Waals surface area (Å²) in [5.41, 5.74) is 6.02. The molecule has 4 N–H and O–H groups in total. The van der Waals surface area contributed by atoms with E-state index in [9.17, 15) is 27.2 Å². The molecule has 1 saturated carbocycles. The summed E-state index contributed by atoms with van der Waals surface area (Å²) in [6, 6.07) is 9.54. The molecule has 1 aliphatic carbocycles. The highest BCUT2D eigenvalue weighted by molar-refractivity contribution is 7.92. The van der Waals surface area contributed by atoms with Gasteiger partial charge < -0.3 is 25.4 Å². The third kappa shape index (κ3) is 6.76. The summed E-state index contributed by atoms with van der Waals surface area (Å²) < 4.78 is 66.6. The molecule has 1 heterocycles. The third-order valence-electron chi connectivity index (χ3n) is 8.00. The zero-order chi connectivity index (χ0) is 33.2. The minimum absolute atomic E-state index is 0.00771. The van der Waals surface area contributed by atoms with Crippen molar-refractivity contribution in [2.24, 2.45) is 5.73 Å². The number of primary amides is 1. The Morgan fingerprint density at radius 2 is 1.76 bits per heavy atom. The quantitative estimate of drug-likeness (QED) is 0.258. The molecule has 0 bridgehead atoms. The second-order valence-electron chi connectivity index (χ2n) is 11.1. The van der Waals surface area contributed by atoms with Crippen LogP contribution >= 0.6 is 0 Å². The van der Waals surface area contributed by atoms with Crippen molar-refractivity contribution >= 4 is 39.1 Å².